The first kappa shape index (κ1) is 16.9. The molecule has 6 heteroatoms. The smallest absolute Gasteiger partial charge is 0.241 e. The van der Waals surface area contributed by atoms with Crippen LogP contribution in [0.3, 0.4) is 0 Å². The lowest BCUT2D eigenvalue weighted by Crippen LogP contribution is -2.37. The minimum absolute atomic E-state index is 0.0780. The Bertz CT molecular complexity index is 513. The maximum atomic E-state index is 12.4. The van der Waals surface area contributed by atoms with Crippen LogP contribution in [0.1, 0.15) is 40.5 Å². The molecule has 0 spiro atoms. The molecule has 1 aromatic rings. The predicted octanol–water partition coefficient (Wildman–Crippen LogP) is 2.62. The lowest BCUT2D eigenvalue weighted by atomic mass is 9.96. The molecule has 0 saturated carbocycles. The Kier molecular flexibility index (Phi) is 6.42. The van der Waals surface area contributed by atoms with Crippen LogP contribution in [-0.4, -0.2) is 26.0 Å². The molecular formula is C14H25N3O2S. The quantitative estimate of drug-likeness (QED) is 0.774. The second-order valence-corrected chi connectivity index (χ2v) is 6.61. The molecule has 114 valence electrons. The number of nitrogens with one attached hydrogen (secondary N) is 2. The van der Waals surface area contributed by atoms with Gasteiger partial charge >= 0.3 is 0 Å². The van der Waals surface area contributed by atoms with E-state index in [1.807, 2.05) is 13.8 Å². The van der Waals surface area contributed by atoms with Crippen LogP contribution in [-0.2, 0) is 10.0 Å². The van der Waals surface area contributed by atoms with Gasteiger partial charge < -0.3 is 5.32 Å². The zero-order chi connectivity index (χ0) is 15.2. The van der Waals surface area contributed by atoms with Crippen molar-refractivity contribution in [3.05, 3.63) is 18.3 Å². The summed E-state index contributed by atoms with van der Waals surface area (Å²) < 4.78 is 27.5. The van der Waals surface area contributed by atoms with Gasteiger partial charge in [-0.15, -0.1) is 0 Å². The van der Waals surface area contributed by atoms with Crippen LogP contribution in [0, 0.1) is 5.92 Å². The lowest BCUT2D eigenvalue weighted by Gasteiger charge is -2.22. The first-order valence-electron chi connectivity index (χ1n) is 7.16. The SMILES string of the molecule is CCNc1cc(S(=O)(=O)NC(C)C(CC)CC)ccn1. The number of hydrogen-bond donors (Lipinski definition) is 2. The van der Waals surface area contributed by atoms with Crippen molar-refractivity contribution in [2.45, 2.75) is 51.5 Å². The summed E-state index contributed by atoms with van der Waals surface area (Å²) in [5.41, 5.74) is 0. The molecule has 0 bridgehead atoms. The molecule has 0 aliphatic heterocycles. The van der Waals surface area contributed by atoms with Crippen LogP contribution in [0.25, 0.3) is 0 Å². The Morgan fingerprint density at radius 1 is 1.25 bits per heavy atom. The molecule has 5 nitrogen and oxygen atoms in total. The zero-order valence-electron chi connectivity index (χ0n) is 12.7. The van der Waals surface area contributed by atoms with Crippen molar-refractivity contribution in [3.8, 4) is 0 Å². The fourth-order valence-electron chi connectivity index (χ4n) is 2.26. The monoisotopic (exact) mass is 299 g/mol. The molecule has 0 aliphatic rings. The van der Waals surface area contributed by atoms with Gasteiger partial charge in [0.05, 0.1) is 4.90 Å². The van der Waals surface area contributed by atoms with E-state index in [9.17, 15) is 8.42 Å². The summed E-state index contributed by atoms with van der Waals surface area (Å²) in [6.07, 6.45) is 3.42. The fourth-order valence-corrected chi connectivity index (χ4v) is 3.59. The maximum Gasteiger partial charge on any atom is 0.241 e. The highest BCUT2D eigenvalue weighted by atomic mass is 32.2. The summed E-state index contributed by atoms with van der Waals surface area (Å²) in [7, 11) is -3.50. The second-order valence-electron chi connectivity index (χ2n) is 4.89. The van der Waals surface area contributed by atoms with Crippen molar-refractivity contribution in [3.63, 3.8) is 0 Å². The number of pyridine rings is 1. The first-order chi connectivity index (χ1) is 9.44. The highest BCUT2D eigenvalue weighted by Crippen LogP contribution is 2.17. The summed E-state index contributed by atoms with van der Waals surface area (Å²) in [5, 5.41) is 3.02. The average molecular weight is 299 g/mol. The van der Waals surface area contributed by atoms with Crippen molar-refractivity contribution >= 4 is 15.8 Å². The molecular weight excluding hydrogens is 274 g/mol. The van der Waals surface area contributed by atoms with Crippen LogP contribution < -0.4 is 10.0 Å². The molecule has 1 heterocycles. The summed E-state index contributed by atoms with van der Waals surface area (Å²) in [6.45, 7) is 8.72. The van der Waals surface area contributed by atoms with Crippen molar-refractivity contribution in [2.75, 3.05) is 11.9 Å². The Morgan fingerprint density at radius 3 is 2.45 bits per heavy atom. The van der Waals surface area contributed by atoms with Crippen LogP contribution in [0.15, 0.2) is 23.2 Å². The van der Waals surface area contributed by atoms with Crippen LogP contribution >= 0.6 is 0 Å². The summed E-state index contributed by atoms with van der Waals surface area (Å²) in [5.74, 6) is 0.922. The fraction of sp³-hybridized carbons (Fsp3) is 0.643. The van der Waals surface area contributed by atoms with E-state index in [1.54, 1.807) is 6.07 Å². The molecule has 2 N–H and O–H groups in total. The number of anilines is 1. The zero-order valence-corrected chi connectivity index (χ0v) is 13.5. The third-order valence-electron chi connectivity index (χ3n) is 3.50. The molecule has 20 heavy (non-hydrogen) atoms. The minimum Gasteiger partial charge on any atom is -0.370 e. The van der Waals surface area contributed by atoms with Gasteiger partial charge in [-0.05, 0) is 25.8 Å². The summed E-state index contributed by atoms with van der Waals surface area (Å²) in [6, 6.07) is 3.00. The normalized spacial score (nSPS) is 13.4. The number of aromatic nitrogens is 1. The van der Waals surface area contributed by atoms with Gasteiger partial charge in [-0.25, -0.2) is 18.1 Å². The summed E-state index contributed by atoms with van der Waals surface area (Å²) in [4.78, 5) is 4.34. The highest BCUT2D eigenvalue weighted by Gasteiger charge is 2.22. The molecule has 1 unspecified atom stereocenters. The molecule has 1 atom stereocenters. The van der Waals surface area contributed by atoms with Crippen molar-refractivity contribution < 1.29 is 8.42 Å². The second kappa shape index (κ2) is 7.59. The van der Waals surface area contributed by atoms with Gasteiger partial charge in [0.1, 0.15) is 5.82 Å². The van der Waals surface area contributed by atoms with Gasteiger partial charge in [0, 0.05) is 24.8 Å². The third kappa shape index (κ3) is 4.45. The molecule has 1 rings (SSSR count). The van der Waals surface area contributed by atoms with Crippen LogP contribution in [0.2, 0.25) is 0 Å². The number of nitrogens with zero attached hydrogens (tertiary/aromatic N) is 1. The molecule has 0 amide bonds. The highest BCUT2D eigenvalue weighted by molar-refractivity contribution is 7.89. The molecule has 0 saturated heterocycles. The minimum atomic E-state index is -3.50. The van der Waals surface area contributed by atoms with E-state index in [2.05, 4.69) is 28.9 Å². The number of sulfonamides is 1. The van der Waals surface area contributed by atoms with E-state index in [1.165, 1.54) is 12.3 Å². The third-order valence-corrected chi connectivity index (χ3v) is 5.05. The van der Waals surface area contributed by atoms with Gasteiger partial charge in [0.2, 0.25) is 10.0 Å². The van der Waals surface area contributed by atoms with E-state index in [0.717, 1.165) is 12.8 Å². The Labute approximate surface area is 122 Å². The predicted molar refractivity (Wildman–Crippen MR) is 82.3 cm³/mol. The van der Waals surface area contributed by atoms with Gasteiger partial charge in [-0.2, -0.15) is 0 Å². The van der Waals surface area contributed by atoms with E-state index in [-0.39, 0.29) is 10.9 Å². The Hall–Kier alpha value is -1.14. The maximum absolute atomic E-state index is 12.4. The number of rotatable bonds is 8. The van der Waals surface area contributed by atoms with Crippen LogP contribution in [0.5, 0.6) is 0 Å². The average Bonchev–Trinajstić information content (AvgIpc) is 2.40. The molecule has 0 aliphatic carbocycles. The molecule has 0 radical (unpaired) electrons. The molecule has 1 aromatic heterocycles. The Balaban J connectivity index is 2.90. The van der Waals surface area contributed by atoms with Gasteiger partial charge in [0.25, 0.3) is 0 Å². The van der Waals surface area contributed by atoms with E-state index in [0.29, 0.717) is 18.3 Å². The number of hydrogen-bond acceptors (Lipinski definition) is 4. The van der Waals surface area contributed by atoms with Gasteiger partial charge in [-0.1, -0.05) is 26.7 Å². The van der Waals surface area contributed by atoms with Gasteiger partial charge in [0.15, 0.2) is 0 Å². The largest absolute Gasteiger partial charge is 0.370 e. The summed E-state index contributed by atoms with van der Waals surface area (Å²) >= 11 is 0. The first-order valence-corrected chi connectivity index (χ1v) is 8.65. The Morgan fingerprint density at radius 2 is 1.90 bits per heavy atom. The van der Waals surface area contributed by atoms with E-state index >= 15 is 0 Å². The topological polar surface area (TPSA) is 71.1 Å². The van der Waals surface area contributed by atoms with Crippen LogP contribution in [0.4, 0.5) is 5.82 Å². The molecule has 0 fully saturated rings. The van der Waals surface area contributed by atoms with Crippen molar-refractivity contribution in [1.29, 1.82) is 0 Å². The standard InChI is InChI=1S/C14H25N3O2S/c1-5-12(6-2)11(4)17-20(18,19)13-8-9-16-14(10-13)15-7-3/h8-12,17H,5-7H2,1-4H3,(H,15,16). The van der Waals surface area contributed by atoms with Crippen molar-refractivity contribution in [1.82, 2.24) is 9.71 Å². The van der Waals surface area contributed by atoms with E-state index in [4.69, 9.17) is 0 Å². The van der Waals surface area contributed by atoms with E-state index < -0.39 is 10.0 Å². The van der Waals surface area contributed by atoms with Gasteiger partial charge in [-0.3, -0.25) is 0 Å². The lowest BCUT2D eigenvalue weighted by molar-refractivity contribution is 0.390. The van der Waals surface area contributed by atoms with Crippen molar-refractivity contribution in [2.24, 2.45) is 5.92 Å². The molecule has 0 aromatic carbocycles.